The number of ketones is 1. The number of halogens is 2. The molecule has 0 radical (unpaired) electrons. The molecule has 1 heterocycles. The first kappa shape index (κ1) is 25.3. The minimum absolute atomic E-state index is 0.0307. The molecule has 1 aliphatic heterocycles. The van der Waals surface area contributed by atoms with Gasteiger partial charge in [-0.15, -0.1) is 0 Å². The largest absolute Gasteiger partial charge is 0.507 e. The number of amides is 1. The van der Waals surface area contributed by atoms with E-state index in [0.29, 0.717) is 48.1 Å². The van der Waals surface area contributed by atoms with Crippen LogP contribution in [0, 0.1) is 0 Å². The molecule has 0 aliphatic carbocycles. The van der Waals surface area contributed by atoms with Crippen LogP contribution in [0.1, 0.15) is 44.4 Å². The van der Waals surface area contributed by atoms with E-state index in [9.17, 15) is 14.7 Å². The molecule has 8 heteroatoms. The average molecular weight is 537 g/mol. The molecule has 33 heavy (non-hydrogen) atoms. The van der Waals surface area contributed by atoms with Gasteiger partial charge in [0.25, 0.3) is 11.7 Å². The van der Waals surface area contributed by atoms with E-state index in [1.807, 2.05) is 45.0 Å². The first-order valence-corrected chi connectivity index (χ1v) is 12.0. The Bertz CT molecular complexity index is 1070. The summed E-state index contributed by atoms with van der Waals surface area (Å²) in [6.45, 7) is 6.94. The molecule has 0 aromatic heterocycles. The van der Waals surface area contributed by atoms with Crippen LogP contribution in [-0.2, 0) is 14.3 Å². The van der Waals surface area contributed by atoms with Crippen LogP contribution in [0.15, 0.2) is 52.5 Å². The van der Waals surface area contributed by atoms with Gasteiger partial charge in [-0.3, -0.25) is 9.59 Å². The van der Waals surface area contributed by atoms with Gasteiger partial charge in [-0.25, -0.2) is 0 Å². The molecule has 1 atom stereocenters. The fraction of sp³-hybridized carbons (Fsp3) is 0.360. The Morgan fingerprint density at radius 2 is 1.97 bits per heavy atom. The molecule has 1 fully saturated rings. The van der Waals surface area contributed by atoms with Crippen LogP contribution in [0.2, 0.25) is 5.02 Å². The van der Waals surface area contributed by atoms with E-state index in [1.54, 1.807) is 12.1 Å². The van der Waals surface area contributed by atoms with Gasteiger partial charge in [-0.05, 0) is 63.1 Å². The van der Waals surface area contributed by atoms with Gasteiger partial charge < -0.3 is 19.5 Å². The Balaban J connectivity index is 2.04. The third-order valence-electron chi connectivity index (χ3n) is 5.20. The summed E-state index contributed by atoms with van der Waals surface area (Å²) in [5.74, 6) is -1.18. The number of benzene rings is 2. The van der Waals surface area contributed by atoms with Crippen molar-refractivity contribution in [3.63, 3.8) is 0 Å². The first-order valence-electron chi connectivity index (χ1n) is 10.8. The van der Waals surface area contributed by atoms with Crippen molar-refractivity contribution in [2.75, 3.05) is 19.8 Å². The molecule has 0 saturated carbocycles. The highest BCUT2D eigenvalue weighted by Crippen LogP contribution is 2.41. The maximum absolute atomic E-state index is 13.1. The number of aliphatic hydroxyl groups is 1. The molecule has 1 aliphatic rings. The molecule has 6 nitrogen and oxygen atoms in total. The fourth-order valence-corrected chi connectivity index (χ4v) is 4.42. The Hall–Kier alpha value is -2.35. The number of likely N-dealkylation sites (tertiary alicyclic amines) is 1. The van der Waals surface area contributed by atoms with Gasteiger partial charge in [0.2, 0.25) is 0 Å². The van der Waals surface area contributed by atoms with E-state index in [0.717, 1.165) is 4.47 Å². The number of rotatable bonds is 9. The third-order valence-corrected chi connectivity index (χ3v) is 5.99. The summed E-state index contributed by atoms with van der Waals surface area (Å²) in [6.07, 6.45) is 0.635. The number of Topliss-reactive ketones (excluding diaryl/α,β-unsaturated/α-hetero) is 1. The topological polar surface area (TPSA) is 76.1 Å². The number of nitrogens with zero attached hydrogens (tertiary/aromatic N) is 1. The van der Waals surface area contributed by atoms with Gasteiger partial charge in [0.15, 0.2) is 0 Å². The van der Waals surface area contributed by atoms with Crippen LogP contribution >= 0.6 is 27.5 Å². The molecule has 0 spiro atoms. The summed E-state index contributed by atoms with van der Waals surface area (Å²) in [5, 5.41) is 11.5. The lowest BCUT2D eigenvalue weighted by Gasteiger charge is -2.25. The second kappa shape index (κ2) is 11.2. The summed E-state index contributed by atoms with van der Waals surface area (Å²) < 4.78 is 11.8. The van der Waals surface area contributed by atoms with Gasteiger partial charge in [0.1, 0.15) is 11.5 Å². The van der Waals surface area contributed by atoms with Crippen molar-refractivity contribution in [2.24, 2.45) is 0 Å². The van der Waals surface area contributed by atoms with Gasteiger partial charge in [-0.1, -0.05) is 39.7 Å². The van der Waals surface area contributed by atoms with Crippen molar-refractivity contribution >= 4 is 45.0 Å². The predicted octanol–water partition coefficient (Wildman–Crippen LogP) is 5.74. The molecule has 1 saturated heterocycles. The van der Waals surface area contributed by atoms with E-state index in [-0.39, 0.29) is 17.4 Å². The van der Waals surface area contributed by atoms with Gasteiger partial charge in [0, 0.05) is 23.2 Å². The maximum atomic E-state index is 13.1. The number of aliphatic hydroxyl groups excluding tert-OH is 1. The van der Waals surface area contributed by atoms with Crippen molar-refractivity contribution in [1.29, 1.82) is 0 Å². The lowest BCUT2D eigenvalue weighted by atomic mass is 9.95. The smallest absolute Gasteiger partial charge is 0.295 e. The average Bonchev–Trinajstić information content (AvgIpc) is 3.02. The summed E-state index contributed by atoms with van der Waals surface area (Å²) >= 11 is 9.75. The standard InChI is InChI=1S/C25H27BrClNO5/c1-4-32-20-10-9-17(14-19(20)27)23(29)21-22(16-7-5-8-18(26)13-16)28(25(31)24(21)30)11-6-12-33-15(2)3/h5,7-10,13-15,22,29H,4,6,11-12H2,1-3H3/b23-21-. The van der Waals surface area contributed by atoms with Crippen LogP contribution < -0.4 is 4.74 Å². The Morgan fingerprint density at radius 1 is 1.21 bits per heavy atom. The molecule has 1 unspecified atom stereocenters. The lowest BCUT2D eigenvalue weighted by Crippen LogP contribution is -2.31. The molecule has 2 aromatic rings. The van der Waals surface area contributed by atoms with Crippen molar-refractivity contribution in [3.05, 3.63) is 68.7 Å². The van der Waals surface area contributed by atoms with E-state index in [2.05, 4.69) is 15.9 Å². The Morgan fingerprint density at radius 3 is 2.61 bits per heavy atom. The van der Waals surface area contributed by atoms with Crippen LogP contribution in [-0.4, -0.2) is 47.6 Å². The molecule has 0 bridgehead atoms. The van der Waals surface area contributed by atoms with Crippen LogP contribution in [0.3, 0.4) is 0 Å². The predicted molar refractivity (Wildman–Crippen MR) is 131 cm³/mol. The molecular formula is C25H27BrClNO5. The number of hydrogen-bond donors (Lipinski definition) is 1. The van der Waals surface area contributed by atoms with E-state index < -0.39 is 17.7 Å². The molecular weight excluding hydrogens is 510 g/mol. The minimum Gasteiger partial charge on any atom is -0.507 e. The second-order valence-electron chi connectivity index (χ2n) is 7.90. The monoisotopic (exact) mass is 535 g/mol. The number of ether oxygens (including phenoxy) is 2. The molecule has 1 N–H and O–H groups in total. The highest BCUT2D eigenvalue weighted by molar-refractivity contribution is 9.10. The van der Waals surface area contributed by atoms with Crippen molar-refractivity contribution in [1.82, 2.24) is 4.90 Å². The summed E-state index contributed by atoms with van der Waals surface area (Å²) in [7, 11) is 0. The highest BCUT2D eigenvalue weighted by Gasteiger charge is 2.45. The zero-order chi connectivity index (χ0) is 24.1. The maximum Gasteiger partial charge on any atom is 0.295 e. The molecule has 176 valence electrons. The number of hydrogen-bond acceptors (Lipinski definition) is 5. The lowest BCUT2D eigenvalue weighted by molar-refractivity contribution is -0.140. The Labute approximate surface area is 207 Å². The number of carbonyl (C=O) groups is 2. The molecule has 1 amide bonds. The van der Waals surface area contributed by atoms with Gasteiger partial charge >= 0.3 is 0 Å². The first-order chi connectivity index (χ1) is 15.7. The van der Waals surface area contributed by atoms with E-state index in [4.69, 9.17) is 21.1 Å². The molecule has 3 rings (SSSR count). The summed E-state index contributed by atoms with van der Waals surface area (Å²) in [4.78, 5) is 27.6. The zero-order valence-electron chi connectivity index (χ0n) is 18.8. The van der Waals surface area contributed by atoms with Gasteiger partial charge in [0.05, 0.1) is 29.3 Å². The minimum atomic E-state index is -0.730. The van der Waals surface area contributed by atoms with E-state index in [1.165, 1.54) is 11.0 Å². The second-order valence-corrected chi connectivity index (χ2v) is 9.22. The van der Waals surface area contributed by atoms with Crippen molar-refractivity contribution < 1.29 is 24.2 Å². The SMILES string of the molecule is CCOc1ccc(/C(O)=C2/C(=O)C(=O)N(CCCOC(C)C)C2c2cccc(Br)c2)cc1Cl. The van der Waals surface area contributed by atoms with Crippen molar-refractivity contribution in [3.8, 4) is 5.75 Å². The third kappa shape index (κ3) is 5.78. The van der Waals surface area contributed by atoms with Crippen LogP contribution in [0.25, 0.3) is 5.76 Å². The number of carbonyl (C=O) groups excluding carboxylic acids is 2. The zero-order valence-corrected chi connectivity index (χ0v) is 21.1. The van der Waals surface area contributed by atoms with Crippen LogP contribution in [0.5, 0.6) is 5.75 Å². The Kier molecular flexibility index (Phi) is 8.57. The highest BCUT2D eigenvalue weighted by atomic mass is 79.9. The van der Waals surface area contributed by atoms with E-state index >= 15 is 0 Å². The normalized spacial score (nSPS) is 17.8. The summed E-state index contributed by atoms with van der Waals surface area (Å²) in [6, 6.07) is 11.4. The quantitative estimate of drug-likeness (QED) is 0.191. The fourth-order valence-electron chi connectivity index (χ4n) is 3.76. The van der Waals surface area contributed by atoms with Crippen molar-refractivity contribution in [2.45, 2.75) is 39.3 Å². The van der Waals surface area contributed by atoms with Gasteiger partial charge in [-0.2, -0.15) is 0 Å². The summed E-state index contributed by atoms with van der Waals surface area (Å²) in [5.41, 5.74) is 1.08. The molecule has 2 aromatic carbocycles. The van der Waals surface area contributed by atoms with Crippen LogP contribution in [0.4, 0.5) is 0 Å².